The molecule has 3 rings (SSSR count). The molecule has 0 amide bonds. The molecule has 0 radical (unpaired) electrons. The van der Waals surface area contributed by atoms with E-state index in [2.05, 4.69) is 24.0 Å². The third-order valence-corrected chi connectivity index (χ3v) is 3.34. The number of aromatic nitrogens is 2. The first-order valence-electron chi connectivity index (χ1n) is 6.18. The number of aryl methyl sites for hydroxylation is 2. The molecule has 3 heteroatoms. The van der Waals surface area contributed by atoms with Crippen molar-refractivity contribution in [1.29, 1.82) is 0 Å². The van der Waals surface area contributed by atoms with E-state index < -0.39 is 0 Å². The molecule has 0 aliphatic carbocycles. The number of nitrogens with zero attached hydrogens (tertiary/aromatic N) is 2. The fourth-order valence-corrected chi connectivity index (χ4v) is 2.24. The van der Waals surface area contributed by atoms with Gasteiger partial charge >= 0.3 is 0 Å². The van der Waals surface area contributed by atoms with Crippen LogP contribution in [0.3, 0.4) is 0 Å². The van der Waals surface area contributed by atoms with Crippen LogP contribution in [0.15, 0.2) is 53.5 Å². The van der Waals surface area contributed by atoms with Crippen LogP contribution in [0.1, 0.15) is 5.56 Å². The van der Waals surface area contributed by atoms with Crippen molar-refractivity contribution in [1.82, 2.24) is 9.55 Å². The quantitative estimate of drug-likeness (QED) is 0.665. The normalized spacial score (nSPS) is 10.8. The second kappa shape index (κ2) is 4.35. The summed E-state index contributed by atoms with van der Waals surface area (Å²) in [5, 5.41) is 1.04. The summed E-state index contributed by atoms with van der Waals surface area (Å²) in [6.45, 7) is 2.05. The first kappa shape index (κ1) is 11.7. The molecule has 19 heavy (non-hydrogen) atoms. The zero-order valence-electron chi connectivity index (χ0n) is 10.9. The molecule has 0 spiro atoms. The van der Waals surface area contributed by atoms with Crippen LogP contribution in [0.5, 0.6) is 0 Å². The van der Waals surface area contributed by atoms with Gasteiger partial charge in [-0.15, -0.1) is 0 Å². The predicted octanol–water partition coefficient (Wildman–Crippen LogP) is 2.91. The van der Waals surface area contributed by atoms with Gasteiger partial charge in [-0.1, -0.05) is 6.07 Å². The fourth-order valence-electron chi connectivity index (χ4n) is 2.24. The van der Waals surface area contributed by atoms with Gasteiger partial charge in [-0.05, 0) is 48.2 Å². The minimum absolute atomic E-state index is 0.00827. The lowest BCUT2D eigenvalue weighted by Crippen LogP contribution is -2.14. The number of hydrogen-bond donors (Lipinski definition) is 0. The van der Waals surface area contributed by atoms with Crippen molar-refractivity contribution in [2.75, 3.05) is 0 Å². The van der Waals surface area contributed by atoms with E-state index in [1.807, 2.05) is 30.5 Å². The smallest absolute Gasteiger partial charge is 0.250 e. The summed E-state index contributed by atoms with van der Waals surface area (Å²) in [4.78, 5) is 16.0. The van der Waals surface area contributed by atoms with Gasteiger partial charge in [-0.25, -0.2) is 0 Å². The van der Waals surface area contributed by atoms with Crippen molar-refractivity contribution in [3.05, 3.63) is 64.6 Å². The van der Waals surface area contributed by atoms with Crippen LogP contribution < -0.4 is 5.56 Å². The highest BCUT2D eigenvalue weighted by Gasteiger charge is 2.03. The van der Waals surface area contributed by atoms with Crippen LogP contribution in [-0.4, -0.2) is 9.55 Å². The van der Waals surface area contributed by atoms with Crippen LogP contribution >= 0.6 is 0 Å². The summed E-state index contributed by atoms with van der Waals surface area (Å²) < 4.78 is 1.66. The minimum atomic E-state index is 0.00827. The molecule has 0 aliphatic heterocycles. The average Bonchev–Trinajstić information content (AvgIpc) is 2.43. The molecule has 2 aromatic heterocycles. The number of fused-ring (bicyclic) bond motifs is 1. The highest BCUT2D eigenvalue weighted by atomic mass is 16.1. The minimum Gasteiger partial charge on any atom is -0.311 e. The molecule has 0 fully saturated rings. The van der Waals surface area contributed by atoms with Crippen LogP contribution in [0, 0.1) is 6.92 Å². The van der Waals surface area contributed by atoms with Gasteiger partial charge in [0.25, 0.3) is 5.56 Å². The molecule has 0 N–H and O–H groups in total. The molecule has 0 bridgehead atoms. The lowest BCUT2D eigenvalue weighted by atomic mass is 10.1. The average molecular weight is 250 g/mol. The van der Waals surface area contributed by atoms with Gasteiger partial charge in [-0.3, -0.25) is 9.78 Å². The van der Waals surface area contributed by atoms with E-state index in [9.17, 15) is 4.79 Å². The summed E-state index contributed by atoms with van der Waals surface area (Å²) in [6, 6.07) is 13.5. The van der Waals surface area contributed by atoms with Gasteiger partial charge in [0, 0.05) is 24.9 Å². The Morgan fingerprint density at radius 1 is 1.05 bits per heavy atom. The number of hydrogen-bond acceptors (Lipinski definition) is 2. The number of benzene rings is 1. The molecule has 1 aromatic carbocycles. The monoisotopic (exact) mass is 250 g/mol. The molecular formula is C16H14N2O. The molecule has 3 nitrogen and oxygen atoms in total. The molecule has 3 aromatic rings. The van der Waals surface area contributed by atoms with Gasteiger partial charge in [0.1, 0.15) is 0 Å². The first-order valence-corrected chi connectivity index (χ1v) is 6.18. The number of rotatable bonds is 1. The highest BCUT2D eigenvalue weighted by Crippen LogP contribution is 2.22. The highest BCUT2D eigenvalue weighted by molar-refractivity contribution is 5.84. The Balaban J connectivity index is 2.23. The van der Waals surface area contributed by atoms with Crippen molar-refractivity contribution in [3.8, 4) is 11.3 Å². The Kier molecular flexibility index (Phi) is 2.67. The molecule has 2 heterocycles. The zero-order valence-corrected chi connectivity index (χ0v) is 10.9. The van der Waals surface area contributed by atoms with Crippen LogP contribution in [0.2, 0.25) is 0 Å². The summed E-state index contributed by atoms with van der Waals surface area (Å²) >= 11 is 0. The summed E-state index contributed by atoms with van der Waals surface area (Å²) in [5.41, 5.74) is 4.15. The van der Waals surface area contributed by atoms with Gasteiger partial charge in [0.15, 0.2) is 0 Å². The molecule has 0 saturated carbocycles. The Bertz CT molecular complexity index is 818. The van der Waals surface area contributed by atoms with E-state index in [-0.39, 0.29) is 5.56 Å². The largest absolute Gasteiger partial charge is 0.311 e. The SMILES string of the molecule is Cc1ccnc(-c2ccc3c(ccc(=O)n3C)c2)c1. The maximum Gasteiger partial charge on any atom is 0.250 e. The van der Waals surface area contributed by atoms with Crippen molar-refractivity contribution < 1.29 is 0 Å². The molecule has 0 saturated heterocycles. The van der Waals surface area contributed by atoms with Gasteiger partial charge in [0.05, 0.1) is 11.2 Å². The van der Waals surface area contributed by atoms with E-state index in [0.29, 0.717) is 0 Å². The van der Waals surface area contributed by atoms with E-state index >= 15 is 0 Å². The van der Waals surface area contributed by atoms with Gasteiger partial charge in [0.2, 0.25) is 0 Å². The van der Waals surface area contributed by atoms with Crippen LogP contribution in [-0.2, 0) is 7.05 Å². The summed E-state index contributed by atoms with van der Waals surface area (Å²) in [5.74, 6) is 0. The van der Waals surface area contributed by atoms with E-state index in [4.69, 9.17) is 0 Å². The molecule has 0 aliphatic rings. The Morgan fingerprint density at radius 3 is 2.68 bits per heavy atom. The Hall–Kier alpha value is -2.42. The first-order chi connectivity index (χ1) is 9.15. The van der Waals surface area contributed by atoms with E-state index in [0.717, 1.165) is 22.2 Å². The molecule has 0 atom stereocenters. The number of pyridine rings is 2. The Morgan fingerprint density at radius 2 is 1.89 bits per heavy atom. The van der Waals surface area contributed by atoms with Crippen LogP contribution in [0.4, 0.5) is 0 Å². The lowest BCUT2D eigenvalue weighted by Gasteiger charge is -2.07. The zero-order chi connectivity index (χ0) is 13.4. The third-order valence-electron chi connectivity index (χ3n) is 3.34. The fraction of sp³-hybridized carbons (Fsp3) is 0.125. The lowest BCUT2D eigenvalue weighted by molar-refractivity contribution is 0.906. The third kappa shape index (κ3) is 2.03. The maximum atomic E-state index is 11.6. The van der Waals surface area contributed by atoms with E-state index in [1.54, 1.807) is 17.7 Å². The molecular weight excluding hydrogens is 236 g/mol. The van der Waals surface area contributed by atoms with Crippen molar-refractivity contribution in [3.63, 3.8) is 0 Å². The van der Waals surface area contributed by atoms with Crippen molar-refractivity contribution in [2.24, 2.45) is 7.05 Å². The summed E-state index contributed by atoms with van der Waals surface area (Å²) in [7, 11) is 1.79. The second-order valence-corrected chi connectivity index (χ2v) is 4.72. The van der Waals surface area contributed by atoms with Crippen LogP contribution in [0.25, 0.3) is 22.2 Å². The molecule has 94 valence electrons. The standard InChI is InChI=1S/C16H14N2O/c1-11-7-8-17-14(9-11)12-3-5-15-13(10-12)4-6-16(19)18(15)2/h3-10H,1-2H3. The Labute approximate surface area is 111 Å². The maximum absolute atomic E-state index is 11.6. The van der Waals surface area contributed by atoms with Gasteiger partial charge in [-0.2, -0.15) is 0 Å². The van der Waals surface area contributed by atoms with E-state index in [1.165, 1.54) is 5.56 Å². The second-order valence-electron chi connectivity index (χ2n) is 4.72. The van der Waals surface area contributed by atoms with Crippen molar-refractivity contribution in [2.45, 2.75) is 6.92 Å². The van der Waals surface area contributed by atoms with Gasteiger partial charge < -0.3 is 4.57 Å². The molecule has 0 unspecified atom stereocenters. The topological polar surface area (TPSA) is 34.9 Å². The van der Waals surface area contributed by atoms with Crippen molar-refractivity contribution >= 4 is 10.9 Å². The summed E-state index contributed by atoms with van der Waals surface area (Å²) in [6.07, 6.45) is 1.82. The predicted molar refractivity (Wildman–Crippen MR) is 77.2 cm³/mol.